The zero-order chi connectivity index (χ0) is 11.5. The second-order valence-corrected chi connectivity index (χ2v) is 5.71. The van der Waals surface area contributed by atoms with Crippen LogP contribution < -0.4 is 5.32 Å². The fraction of sp³-hybridized carbons (Fsp3) is 1.00. The maximum atomic E-state index is 5.67. The lowest BCUT2D eigenvalue weighted by atomic mass is 10.00. The van der Waals surface area contributed by atoms with E-state index >= 15 is 0 Å². The lowest BCUT2D eigenvalue weighted by molar-refractivity contribution is 0.0585. The Morgan fingerprint density at radius 2 is 2.25 bits per heavy atom. The molecule has 0 saturated carbocycles. The van der Waals surface area contributed by atoms with Gasteiger partial charge in [0.25, 0.3) is 0 Å². The zero-order valence-corrected chi connectivity index (χ0v) is 10.9. The molecule has 94 valence electrons. The van der Waals surface area contributed by atoms with E-state index in [1.165, 1.54) is 25.9 Å². The fourth-order valence-corrected chi connectivity index (χ4v) is 3.08. The monoisotopic (exact) mass is 226 g/mol. The van der Waals surface area contributed by atoms with E-state index in [0.29, 0.717) is 18.2 Å². The molecule has 0 radical (unpaired) electrons. The topological polar surface area (TPSA) is 24.5 Å². The summed E-state index contributed by atoms with van der Waals surface area (Å²) >= 11 is 0. The van der Waals surface area contributed by atoms with Gasteiger partial charge in [0.1, 0.15) is 0 Å². The molecule has 2 aliphatic heterocycles. The number of piperazine rings is 1. The molecule has 2 heterocycles. The second-order valence-electron chi connectivity index (χ2n) is 5.71. The molecular formula is C13H26N2O. The summed E-state index contributed by atoms with van der Waals surface area (Å²) in [5.74, 6) is 0.787. The van der Waals surface area contributed by atoms with Crippen molar-refractivity contribution >= 4 is 0 Å². The van der Waals surface area contributed by atoms with Gasteiger partial charge in [-0.15, -0.1) is 0 Å². The van der Waals surface area contributed by atoms with Crippen LogP contribution in [0.2, 0.25) is 0 Å². The van der Waals surface area contributed by atoms with Gasteiger partial charge in [0, 0.05) is 38.3 Å². The van der Waals surface area contributed by atoms with Crippen molar-refractivity contribution in [2.24, 2.45) is 5.92 Å². The fourth-order valence-electron chi connectivity index (χ4n) is 3.08. The van der Waals surface area contributed by atoms with Crippen LogP contribution in [-0.2, 0) is 4.74 Å². The number of nitrogens with zero attached hydrogens (tertiary/aromatic N) is 1. The Morgan fingerprint density at radius 1 is 1.44 bits per heavy atom. The smallest absolute Gasteiger partial charge is 0.0703 e. The summed E-state index contributed by atoms with van der Waals surface area (Å²) in [5, 5.41) is 3.64. The molecule has 2 saturated heterocycles. The average molecular weight is 226 g/mol. The van der Waals surface area contributed by atoms with E-state index in [-0.39, 0.29) is 0 Å². The van der Waals surface area contributed by atoms with E-state index in [1.807, 2.05) is 0 Å². The number of ether oxygens (including phenoxy) is 1. The van der Waals surface area contributed by atoms with Gasteiger partial charge in [-0.2, -0.15) is 0 Å². The third-order valence-electron chi connectivity index (χ3n) is 3.85. The maximum Gasteiger partial charge on any atom is 0.0703 e. The Kier molecular flexibility index (Phi) is 4.22. The molecule has 0 amide bonds. The quantitative estimate of drug-likeness (QED) is 0.789. The molecule has 1 N–H and O–H groups in total. The summed E-state index contributed by atoms with van der Waals surface area (Å²) in [5.41, 5.74) is 0. The molecule has 2 aliphatic rings. The third kappa shape index (κ3) is 2.96. The molecule has 2 rings (SSSR count). The van der Waals surface area contributed by atoms with E-state index < -0.39 is 0 Å². The van der Waals surface area contributed by atoms with Crippen molar-refractivity contribution < 1.29 is 4.74 Å². The van der Waals surface area contributed by atoms with Gasteiger partial charge in [0.05, 0.1) is 6.10 Å². The van der Waals surface area contributed by atoms with Crippen LogP contribution in [0.1, 0.15) is 33.6 Å². The summed E-state index contributed by atoms with van der Waals surface area (Å²) in [6.45, 7) is 11.3. The Labute approximate surface area is 99.5 Å². The second kappa shape index (κ2) is 5.48. The molecule has 16 heavy (non-hydrogen) atoms. The molecule has 3 heteroatoms. The van der Waals surface area contributed by atoms with Gasteiger partial charge >= 0.3 is 0 Å². The van der Waals surface area contributed by atoms with Gasteiger partial charge in [-0.1, -0.05) is 13.8 Å². The Morgan fingerprint density at radius 3 is 2.88 bits per heavy atom. The van der Waals surface area contributed by atoms with Crippen LogP contribution >= 0.6 is 0 Å². The van der Waals surface area contributed by atoms with Crippen molar-refractivity contribution in [1.29, 1.82) is 0 Å². The van der Waals surface area contributed by atoms with Crippen molar-refractivity contribution in [3.63, 3.8) is 0 Å². The van der Waals surface area contributed by atoms with Crippen molar-refractivity contribution in [2.45, 2.75) is 51.8 Å². The molecule has 0 spiro atoms. The van der Waals surface area contributed by atoms with E-state index in [4.69, 9.17) is 4.74 Å². The van der Waals surface area contributed by atoms with Gasteiger partial charge in [-0.3, -0.25) is 4.90 Å². The van der Waals surface area contributed by atoms with Gasteiger partial charge in [-0.05, 0) is 25.7 Å². The first-order valence-corrected chi connectivity index (χ1v) is 6.76. The van der Waals surface area contributed by atoms with Crippen LogP contribution in [0.4, 0.5) is 0 Å². The molecule has 3 unspecified atom stereocenters. The largest absolute Gasteiger partial charge is 0.377 e. The summed E-state index contributed by atoms with van der Waals surface area (Å²) in [6.07, 6.45) is 2.94. The Hall–Kier alpha value is -0.120. The van der Waals surface area contributed by atoms with Crippen LogP contribution in [-0.4, -0.2) is 49.3 Å². The van der Waals surface area contributed by atoms with Crippen LogP contribution in [0.15, 0.2) is 0 Å². The van der Waals surface area contributed by atoms with E-state index in [0.717, 1.165) is 19.1 Å². The lowest BCUT2D eigenvalue weighted by Crippen LogP contribution is -2.55. The molecule has 0 bridgehead atoms. The number of nitrogens with one attached hydrogen (secondary N) is 1. The Balaban J connectivity index is 1.86. The normalized spacial score (nSPS) is 37.1. The van der Waals surface area contributed by atoms with Crippen molar-refractivity contribution in [1.82, 2.24) is 10.2 Å². The number of hydrogen-bond donors (Lipinski definition) is 1. The summed E-state index contributed by atoms with van der Waals surface area (Å²) in [4.78, 5) is 2.64. The molecular weight excluding hydrogens is 200 g/mol. The molecule has 0 aromatic rings. The first-order valence-electron chi connectivity index (χ1n) is 6.76. The third-order valence-corrected chi connectivity index (χ3v) is 3.85. The summed E-state index contributed by atoms with van der Waals surface area (Å²) in [7, 11) is 0. The van der Waals surface area contributed by atoms with Gasteiger partial charge in [0.2, 0.25) is 0 Å². The van der Waals surface area contributed by atoms with Crippen LogP contribution in [0.3, 0.4) is 0 Å². The molecule has 3 nitrogen and oxygen atoms in total. The van der Waals surface area contributed by atoms with Crippen LogP contribution in [0.5, 0.6) is 0 Å². The van der Waals surface area contributed by atoms with Crippen molar-refractivity contribution in [3.8, 4) is 0 Å². The first-order chi connectivity index (χ1) is 7.66. The van der Waals surface area contributed by atoms with Crippen LogP contribution in [0, 0.1) is 5.92 Å². The minimum atomic E-state index is 0.429. The first kappa shape index (κ1) is 12.3. The molecule has 0 aliphatic carbocycles. The van der Waals surface area contributed by atoms with Crippen molar-refractivity contribution in [2.75, 3.05) is 26.2 Å². The van der Waals surface area contributed by atoms with Gasteiger partial charge in [-0.25, -0.2) is 0 Å². The minimum absolute atomic E-state index is 0.429. The molecule has 3 atom stereocenters. The Bertz CT molecular complexity index is 220. The number of hydrogen-bond acceptors (Lipinski definition) is 3. The molecule has 0 aromatic heterocycles. The lowest BCUT2D eigenvalue weighted by Gasteiger charge is -2.39. The van der Waals surface area contributed by atoms with E-state index in [1.54, 1.807) is 0 Å². The summed E-state index contributed by atoms with van der Waals surface area (Å²) in [6, 6.07) is 1.35. The zero-order valence-electron chi connectivity index (χ0n) is 10.9. The van der Waals surface area contributed by atoms with Crippen molar-refractivity contribution in [3.05, 3.63) is 0 Å². The predicted molar refractivity (Wildman–Crippen MR) is 66.6 cm³/mol. The molecule has 2 fully saturated rings. The molecule has 0 aromatic carbocycles. The van der Waals surface area contributed by atoms with E-state index in [2.05, 4.69) is 31.0 Å². The van der Waals surface area contributed by atoms with E-state index in [9.17, 15) is 0 Å². The maximum absolute atomic E-state index is 5.67. The highest BCUT2D eigenvalue weighted by Gasteiger charge is 2.32. The van der Waals surface area contributed by atoms with Crippen LogP contribution in [0.25, 0.3) is 0 Å². The highest BCUT2D eigenvalue weighted by molar-refractivity contribution is 4.88. The van der Waals surface area contributed by atoms with Gasteiger partial charge < -0.3 is 10.1 Å². The SMILES string of the molecule is CC(C)CC1CN(C2CCOC2C)CCN1. The van der Waals surface area contributed by atoms with Gasteiger partial charge in [0.15, 0.2) is 0 Å². The summed E-state index contributed by atoms with van der Waals surface area (Å²) < 4.78 is 5.67. The highest BCUT2D eigenvalue weighted by Crippen LogP contribution is 2.21. The predicted octanol–water partition coefficient (Wildman–Crippen LogP) is 1.48. The highest BCUT2D eigenvalue weighted by atomic mass is 16.5. The average Bonchev–Trinajstić information content (AvgIpc) is 2.64. The standard InChI is InChI=1S/C13H26N2O/c1-10(2)8-12-9-15(6-5-14-12)13-4-7-16-11(13)3/h10-14H,4-9H2,1-3H3. The number of rotatable bonds is 3. The minimum Gasteiger partial charge on any atom is -0.377 e.